The molecule has 0 aromatic heterocycles. The lowest BCUT2D eigenvalue weighted by molar-refractivity contribution is 0.149. The van der Waals surface area contributed by atoms with E-state index in [1.807, 2.05) is 31.2 Å². The molecule has 9 fully saturated rings. The summed E-state index contributed by atoms with van der Waals surface area (Å²) in [4.78, 5) is 25.9. The van der Waals surface area contributed by atoms with Crippen LogP contribution < -0.4 is 24.5 Å². The van der Waals surface area contributed by atoms with E-state index in [0.717, 1.165) is 40.6 Å². The monoisotopic (exact) mass is 1920 g/mol. The lowest BCUT2D eigenvalue weighted by Gasteiger charge is -2.42. The molecule has 0 radical (unpaired) electrons. The first kappa shape index (κ1) is 100. The molecule has 9 aliphatic carbocycles. The zero-order valence-corrected chi connectivity index (χ0v) is 85.6. The van der Waals surface area contributed by atoms with Crippen molar-refractivity contribution < 1.29 is 4.11 Å². The van der Waals surface area contributed by atoms with Crippen LogP contribution in [0.2, 0.25) is 0 Å². The van der Waals surface area contributed by atoms with E-state index in [-0.39, 0.29) is 48.7 Å². The smallest absolute Gasteiger partial charge is 0.113 e. The summed E-state index contributed by atoms with van der Waals surface area (Å²) in [5.41, 5.74) is 30.0. The minimum absolute atomic E-state index is 0. The van der Waals surface area contributed by atoms with Gasteiger partial charge in [0.05, 0.1) is 16.8 Å². The molecular weight excluding hydrogens is 1740 g/mol. The SMILES string of the molecule is C.C.C.C.C.CC1=C2N(C=CC2(C2CCCC2)C2CCCC2)C(C2CCCC2)N1c1ccccc1C.CC1=C2N(C=CC2(c2ccccc2)C2CCCC2)C(C2CCCC2)N1c1ccccc1C.[2H]C1(C)C=CN2C1=C(C)N(c1ccccc1C)C2C1CCCC1.[2H]C1(C2CCCC2)C=CN2C1=C(C)N(c1ccccc1C)C2C1CCCC1.[2H]C1(c2ccccc2)C=CN2C1=C(C)N(c1ccccc1C)C2C1CCCC1. The number of para-hydroxylation sites is 5. The molecule has 26 rings (SSSR count). The van der Waals surface area contributed by atoms with E-state index >= 15 is 0 Å². The normalized spacial score (nSPS) is 28.9. The van der Waals surface area contributed by atoms with Gasteiger partial charge in [0, 0.05) is 132 Å². The maximum absolute atomic E-state index is 9.49. The van der Waals surface area contributed by atoms with E-state index in [9.17, 15) is 2.74 Å². The van der Waals surface area contributed by atoms with E-state index in [0.29, 0.717) is 59.7 Å². The zero-order chi connectivity index (χ0) is 96.8. The Bertz CT molecular complexity index is 6000. The molecule has 0 N–H and O–H groups in total. The predicted octanol–water partition coefficient (Wildman–Crippen LogP) is 35.9. The van der Waals surface area contributed by atoms with E-state index in [4.69, 9.17) is 1.37 Å². The quantitative estimate of drug-likeness (QED) is 0.0933. The van der Waals surface area contributed by atoms with Crippen molar-refractivity contribution in [2.45, 2.75) is 387 Å². The van der Waals surface area contributed by atoms with Crippen LogP contribution in [-0.4, -0.2) is 55.3 Å². The highest BCUT2D eigenvalue weighted by Gasteiger charge is 2.60. The zero-order valence-electron chi connectivity index (χ0n) is 88.6. The minimum atomic E-state index is -0.820. The Kier molecular flexibility index (Phi) is 31.3. The first-order chi connectivity index (χ1) is 68.7. The largest absolute Gasteiger partial charge is 0.328 e. The van der Waals surface area contributed by atoms with Crippen LogP contribution in [0.4, 0.5) is 28.4 Å². The molecule has 0 spiro atoms. The van der Waals surface area contributed by atoms with Crippen molar-refractivity contribution in [3.63, 3.8) is 0 Å². The van der Waals surface area contributed by atoms with Crippen LogP contribution in [0, 0.1) is 105 Å². The second-order valence-electron chi connectivity index (χ2n) is 45.4. The fraction of sp³-hybridized carbons (Fsp3) is 0.534. The number of hydrogen-bond donors (Lipinski definition) is 0. The third kappa shape index (κ3) is 18.5. The van der Waals surface area contributed by atoms with Crippen molar-refractivity contribution in [1.29, 1.82) is 0 Å². The van der Waals surface area contributed by atoms with E-state index < -0.39 is 17.7 Å². The molecule has 7 aromatic rings. The number of hydrogen-bond acceptors (Lipinski definition) is 10. The number of anilines is 5. The second kappa shape index (κ2) is 44.7. The highest BCUT2D eigenvalue weighted by Crippen LogP contribution is 2.65. The van der Waals surface area contributed by atoms with Crippen molar-refractivity contribution in [2.75, 3.05) is 24.5 Å². The standard InChI is InChI=1S/C30H36N2.C29H40N2.C25H28N2.C24H32N2.C20H26N2.5CH4/c1-22-12-6-11-19-27(22)32-23(2)28-30(26-17-9-10-18-26,25-15-4-3-5-16-25)20-21-31(28)29(32)24-13-7-8-14-24;1-21-11-3-10-18-26(21)31-22(2)27-29(24-14-6-7-15-24,25-16-8-9-17-25)19-20-30(27)28(31)23-12-4-5-13-23;1-18-10-6-9-15-23(18)27-19(2)24-22(20-11-4-3-5-12-20)16-17-26(24)25(27)21-13-7-8-14-21;1-17-9-3-8-14-22(17)26-18(2)23-21(19-10-4-5-11-19)15-16-25(23)24(26)20-12-6-7-13-20;1-14-8-4-7-11-18(14)22-16(3)19-15(2)12-13-21(19)20(22)17-9-5-6-10-17;;;;;/h3-6,11-12,15-16,19-21,24,26,29H,7-10,13-14,17-18H2,1-2H3;3,10-11,18-20,23-25,28H,4-9,12-17H2,1-2H3;3-6,9-12,15-17,21-22,25H,7-8,13-14H2,1-2H3;3,8-9,14-16,19-21,24H,4-7,10-13H2,1-2H3;4,7-8,11-13,15,17,20H,5-6,9-10H2,1-3H3;5*1H4/i;;22D;21D;15D;;;;;. The predicted molar refractivity (Wildman–Crippen MR) is 609 cm³/mol. The van der Waals surface area contributed by atoms with Gasteiger partial charge in [-0.05, 0) is 307 Å². The van der Waals surface area contributed by atoms with Gasteiger partial charge in [-0.1, -0.05) is 342 Å². The molecule has 9 unspecified atom stereocenters. The summed E-state index contributed by atoms with van der Waals surface area (Å²) in [5.74, 6) is 4.41. The van der Waals surface area contributed by atoms with Gasteiger partial charge in [0.25, 0.3) is 0 Å². The Balaban J connectivity index is 0.000000124. The third-order valence-corrected chi connectivity index (χ3v) is 37.7. The van der Waals surface area contributed by atoms with Gasteiger partial charge in [0.1, 0.15) is 30.8 Å². The van der Waals surface area contributed by atoms with Gasteiger partial charge in [0.2, 0.25) is 0 Å². The Labute approximate surface area is 872 Å². The van der Waals surface area contributed by atoms with Crippen LogP contribution in [0.15, 0.2) is 300 Å². The molecule has 7 aromatic carbocycles. The average Bonchev–Trinajstić information content (AvgIpc) is 1.53. The molecule has 10 aliphatic heterocycles. The fourth-order valence-corrected chi connectivity index (χ4v) is 31.5. The second-order valence-corrected chi connectivity index (χ2v) is 45.4. The van der Waals surface area contributed by atoms with Gasteiger partial charge in [-0.2, -0.15) is 0 Å². The number of benzene rings is 7. The van der Waals surface area contributed by atoms with Gasteiger partial charge < -0.3 is 49.0 Å². The third-order valence-electron chi connectivity index (χ3n) is 37.7. The topological polar surface area (TPSA) is 32.4 Å². The first-order valence-corrected chi connectivity index (χ1v) is 55.5. The van der Waals surface area contributed by atoms with Gasteiger partial charge in [-0.3, -0.25) is 0 Å². The Morgan fingerprint density at radius 1 is 0.252 bits per heavy atom. The van der Waals surface area contributed by atoms with Crippen molar-refractivity contribution in [2.24, 2.45) is 70.5 Å². The number of allylic oxidation sites excluding steroid dienone is 10. The van der Waals surface area contributed by atoms with E-state index in [2.05, 4.69) is 337 Å². The summed E-state index contributed by atoms with van der Waals surface area (Å²) in [5, 5.41) is 0. The van der Waals surface area contributed by atoms with Crippen LogP contribution in [0.1, 0.15) is 359 Å². The molecular formula is C133H182N10. The van der Waals surface area contributed by atoms with Crippen LogP contribution >= 0.6 is 0 Å². The summed E-state index contributed by atoms with van der Waals surface area (Å²) in [6.45, 7) is 24.8. The molecule has 143 heavy (non-hydrogen) atoms. The van der Waals surface area contributed by atoms with Gasteiger partial charge in [-0.25, -0.2) is 0 Å². The van der Waals surface area contributed by atoms with Crippen molar-refractivity contribution >= 4 is 28.4 Å². The maximum Gasteiger partial charge on any atom is 0.113 e. The van der Waals surface area contributed by atoms with Crippen molar-refractivity contribution in [3.8, 4) is 0 Å². The Hall–Kier alpha value is -10.1. The highest BCUT2D eigenvalue weighted by molar-refractivity contribution is 5.69. The molecule has 10 heterocycles. The lowest BCUT2D eigenvalue weighted by atomic mass is 9.63. The fourth-order valence-electron chi connectivity index (χ4n) is 31.5. The number of rotatable bonds is 16. The van der Waals surface area contributed by atoms with Gasteiger partial charge >= 0.3 is 0 Å². The Morgan fingerprint density at radius 3 is 0.923 bits per heavy atom. The summed E-state index contributed by atoms with van der Waals surface area (Å²) < 4.78 is 27.6. The summed E-state index contributed by atoms with van der Waals surface area (Å²) in [6, 6.07) is 66.0. The maximum atomic E-state index is 9.49. The molecule has 0 bridgehead atoms. The first-order valence-electron chi connectivity index (χ1n) is 57.0. The summed E-state index contributed by atoms with van der Waals surface area (Å²) in [6.07, 6.45) is 73.9. The molecule has 19 aliphatic rings. The molecule has 9 atom stereocenters. The van der Waals surface area contributed by atoms with Gasteiger partial charge in [-0.15, -0.1) is 0 Å². The summed E-state index contributed by atoms with van der Waals surface area (Å²) in [7, 11) is 0. The number of aryl methyl sites for hydroxylation is 5. The molecule has 10 nitrogen and oxygen atoms in total. The molecule has 0 saturated heterocycles. The minimum Gasteiger partial charge on any atom is -0.328 e. The van der Waals surface area contributed by atoms with Crippen LogP contribution in [-0.2, 0) is 5.41 Å². The van der Waals surface area contributed by atoms with Crippen LogP contribution in [0.3, 0.4) is 0 Å². The van der Waals surface area contributed by atoms with Crippen molar-refractivity contribution in [3.05, 3.63) is 339 Å². The highest BCUT2D eigenvalue weighted by atomic mass is 15.5. The van der Waals surface area contributed by atoms with Crippen LogP contribution in [0.25, 0.3) is 0 Å². The molecule has 10 heteroatoms. The molecule has 9 saturated carbocycles. The molecule has 764 valence electrons. The summed E-state index contributed by atoms with van der Waals surface area (Å²) >= 11 is 0. The average molecular weight is 1920 g/mol. The molecule has 0 amide bonds. The van der Waals surface area contributed by atoms with E-state index in [1.54, 1.807) is 17.1 Å². The number of fused-ring (bicyclic) bond motifs is 5. The number of nitrogens with zero attached hydrogens (tertiary/aromatic N) is 10. The van der Waals surface area contributed by atoms with Gasteiger partial charge in [0.15, 0.2) is 0 Å². The van der Waals surface area contributed by atoms with Crippen LogP contribution in [0.5, 0.6) is 0 Å². The van der Waals surface area contributed by atoms with E-state index in [1.165, 1.54) is 321 Å². The van der Waals surface area contributed by atoms with Crippen molar-refractivity contribution in [1.82, 2.24) is 24.5 Å². The Morgan fingerprint density at radius 2 is 0.531 bits per heavy atom. The lowest BCUT2D eigenvalue weighted by Crippen LogP contribution is -2.44.